The average Bonchev–Trinajstić information content (AvgIpc) is 3.01. The lowest BCUT2D eigenvalue weighted by atomic mass is 10.1. The van der Waals surface area contributed by atoms with Gasteiger partial charge in [0.15, 0.2) is 11.3 Å². The van der Waals surface area contributed by atoms with Gasteiger partial charge in [-0.3, -0.25) is 14.2 Å². The Bertz CT molecular complexity index is 891. The third-order valence-electron chi connectivity index (χ3n) is 3.57. The summed E-state index contributed by atoms with van der Waals surface area (Å²) in [5.74, 6) is -0.0752. The molecule has 3 rings (SSSR count). The summed E-state index contributed by atoms with van der Waals surface area (Å²) in [6.45, 7) is 0.215. The molecule has 0 saturated heterocycles. The standard InChI is InChI=1S/C16H14F3N5O/c17-16(18,19)14-11(5-3-8-20-14)15(25)21-9-4-7-13-23-22-12-6-1-2-10-24(12)13/h1-3,5-6,8,10H,4,7,9H2,(H,21,25). The minimum atomic E-state index is -4.67. The third-order valence-corrected chi connectivity index (χ3v) is 3.57. The Balaban J connectivity index is 1.59. The fourth-order valence-electron chi connectivity index (χ4n) is 2.42. The Kier molecular flexibility index (Phi) is 4.64. The van der Waals surface area contributed by atoms with Crippen LogP contribution >= 0.6 is 0 Å². The molecule has 0 aliphatic heterocycles. The zero-order chi connectivity index (χ0) is 17.9. The van der Waals surface area contributed by atoms with Crippen LogP contribution in [-0.2, 0) is 12.6 Å². The van der Waals surface area contributed by atoms with Gasteiger partial charge in [0.1, 0.15) is 5.82 Å². The quantitative estimate of drug-likeness (QED) is 0.719. The third kappa shape index (κ3) is 3.76. The zero-order valence-corrected chi connectivity index (χ0v) is 13.0. The highest BCUT2D eigenvalue weighted by atomic mass is 19.4. The molecule has 0 aromatic carbocycles. The smallest absolute Gasteiger partial charge is 0.352 e. The van der Waals surface area contributed by atoms with Crippen molar-refractivity contribution in [2.45, 2.75) is 19.0 Å². The van der Waals surface area contributed by atoms with Crippen LogP contribution in [0.2, 0.25) is 0 Å². The average molecular weight is 349 g/mol. The predicted molar refractivity (Wildman–Crippen MR) is 82.9 cm³/mol. The molecule has 0 unspecified atom stereocenters. The monoisotopic (exact) mass is 349 g/mol. The Morgan fingerprint density at radius 2 is 2.00 bits per heavy atom. The molecule has 0 spiro atoms. The number of halogens is 3. The lowest BCUT2D eigenvalue weighted by Gasteiger charge is -2.11. The molecule has 3 aromatic heterocycles. The van der Waals surface area contributed by atoms with Gasteiger partial charge in [-0.1, -0.05) is 6.07 Å². The van der Waals surface area contributed by atoms with Crippen LogP contribution in [0.4, 0.5) is 13.2 Å². The van der Waals surface area contributed by atoms with Crippen LogP contribution in [0.15, 0.2) is 42.7 Å². The van der Waals surface area contributed by atoms with Gasteiger partial charge >= 0.3 is 6.18 Å². The molecule has 0 fully saturated rings. The van der Waals surface area contributed by atoms with Gasteiger partial charge in [-0.15, -0.1) is 10.2 Å². The highest BCUT2D eigenvalue weighted by Crippen LogP contribution is 2.29. The molecule has 0 saturated carbocycles. The van der Waals surface area contributed by atoms with Crippen molar-refractivity contribution in [1.29, 1.82) is 0 Å². The number of carbonyl (C=O) groups excluding carboxylic acids is 1. The van der Waals surface area contributed by atoms with E-state index in [0.717, 1.165) is 18.1 Å². The molecule has 0 aliphatic rings. The topological polar surface area (TPSA) is 72.2 Å². The first-order valence-corrected chi connectivity index (χ1v) is 7.56. The summed E-state index contributed by atoms with van der Waals surface area (Å²) in [4.78, 5) is 15.3. The second-order valence-corrected chi connectivity index (χ2v) is 5.30. The van der Waals surface area contributed by atoms with E-state index in [2.05, 4.69) is 20.5 Å². The number of hydrogen-bond donors (Lipinski definition) is 1. The lowest BCUT2D eigenvalue weighted by molar-refractivity contribution is -0.141. The Labute approximate surface area is 140 Å². The van der Waals surface area contributed by atoms with Crippen molar-refractivity contribution in [3.05, 3.63) is 59.8 Å². The molecule has 3 aromatic rings. The maximum atomic E-state index is 12.9. The van der Waals surface area contributed by atoms with Gasteiger partial charge in [0.05, 0.1) is 5.56 Å². The van der Waals surface area contributed by atoms with Crippen molar-refractivity contribution < 1.29 is 18.0 Å². The lowest BCUT2D eigenvalue weighted by Crippen LogP contribution is -2.28. The van der Waals surface area contributed by atoms with Crippen LogP contribution in [0, 0.1) is 0 Å². The number of nitrogens with zero attached hydrogens (tertiary/aromatic N) is 4. The first kappa shape index (κ1) is 16.9. The van der Waals surface area contributed by atoms with E-state index in [0.29, 0.717) is 18.5 Å². The number of rotatable bonds is 5. The van der Waals surface area contributed by atoms with Crippen molar-refractivity contribution >= 4 is 11.6 Å². The highest BCUT2D eigenvalue weighted by molar-refractivity contribution is 5.95. The van der Waals surface area contributed by atoms with E-state index in [9.17, 15) is 18.0 Å². The van der Waals surface area contributed by atoms with E-state index >= 15 is 0 Å². The molecule has 9 heteroatoms. The second-order valence-electron chi connectivity index (χ2n) is 5.30. The predicted octanol–water partition coefficient (Wildman–Crippen LogP) is 2.51. The first-order chi connectivity index (χ1) is 12.0. The molecule has 0 atom stereocenters. The molecule has 1 N–H and O–H groups in total. The molecule has 0 radical (unpaired) electrons. The van der Waals surface area contributed by atoms with Gasteiger partial charge in [-0.25, -0.2) is 0 Å². The minimum absolute atomic E-state index is 0.215. The second kappa shape index (κ2) is 6.88. The number of aryl methyl sites for hydroxylation is 1. The van der Waals surface area contributed by atoms with E-state index in [1.165, 1.54) is 6.07 Å². The number of hydrogen-bond acceptors (Lipinski definition) is 4. The number of amides is 1. The summed E-state index contributed by atoms with van der Waals surface area (Å²) < 4.78 is 40.4. The van der Waals surface area contributed by atoms with Gasteiger partial charge in [0, 0.05) is 25.4 Å². The van der Waals surface area contributed by atoms with Crippen LogP contribution in [-0.4, -0.2) is 32.0 Å². The van der Waals surface area contributed by atoms with Crippen LogP contribution in [0.3, 0.4) is 0 Å². The minimum Gasteiger partial charge on any atom is -0.352 e. The van der Waals surface area contributed by atoms with E-state index in [1.54, 1.807) is 0 Å². The first-order valence-electron chi connectivity index (χ1n) is 7.56. The van der Waals surface area contributed by atoms with Gasteiger partial charge in [0.25, 0.3) is 5.91 Å². The highest BCUT2D eigenvalue weighted by Gasteiger charge is 2.36. The van der Waals surface area contributed by atoms with Crippen molar-refractivity contribution in [2.24, 2.45) is 0 Å². The Morgan fingerprint density at radius 1 is 1.16 bits per heavy atom. The van der Waals surface area contributed by atoms with Crippen LogP contribution in [0.1, 0.15) is 28.3 Å². The summed E-state index contributed by atoms with van der Waals surface area (Å²) in [6, 6.07) is 7.92. The van der Waals surface area contributed by atoms with E-state index < -0.39 is 23.3 Å². The van der Waals surface area contributed by atoms with E-state index in [4.69, 9.17) is 0 Å². The van der Waals surface area contributed by atoms with Gasteiger partial charge in [-0.2, -0.15) is 13.2 Å². The number of carbonyl (C=O) groups is 1. The fourth-order valence-corrected chi connectivity index (χ4v) is 2.42. The molecule has 25 heavy (non-hydrogen) atoms. The number of aromatic nitrogens is 4. The summed E-state index contributed by atoms with van der Waals surface area (Å²) >= 11 is 0. The van der Waals surface area contributed by atoms with Crippen molar-refractivity contribution in [3.8, 4) is 0 Å². The normalized spacial score (nSPS) is 11.6. The summed E-state index contributed by atoms with van der Waals surface area (Å²) in [7, 11) is 0. The maximum absolute atomic E-state index is 12.9. The molecule has 1 amide bonds. The van der Waals surface area contributed by atoms with Crippen LogP contribution < -0.4 is 5.32 Å². The molecule has 130 valence electrons. The molecule has 6 nitrogen and oxygen atoms in total. The van der Waals surface area contributed by atoms with Crippen LogP contribution in [0.5, 0.6) is 0 Å². The molecular formula is C16H14F3N5O. The van der Waals surface area contributed by atoms with Crippen LogP contribution in [0.25, 0.3) is 5.65 Å². The SMILES string of the molecule is O=C(NCCCc1nnc2ccccn12)c1cccnc1C(F)(F)F. The van der Waals surface area contributed by atoms with Gasteiger partial charge < -0.3 is 5.32 Å². The summed E-state index contributed by atoms with van der Waals surface area (Å²) in [6.07, 6.45) is -0.785. The van der Waals surface area contributed by atoms with Crippen molar-refractivity contribution in [2.75, 3.05) is 6.54 Å². The number of alkyl halides is 3. The van der Waals surface area contributed by atoms with Crippen molar-refractivity contribution in [1.82, 2.24) is 24.9 Å². The largest absolute Gasteiger partial charge is 0.434 e. The van der Waals surface area contributed by atoms with Gasteiger partial charge in [0.2, 0.25) is 0 Å². The summed E-state index contributed by atoms with van der Waals surface area (Å²) in [5, 5.41) is 10.6. The molecule has 3 heterocycles. The number of pyridine rings is 2. The molecule has 0 aliphatic carbocycles. The fraction of sp³-hybridized carbons (Fsp3) is 0.250. The Morgan fingerprint density at radius 3 is 2.80 bits per heavy atom. The van der Waals surface area contributed by atoms with E-state index in [-0.39, 0.29) is 6.54 Å². The molecular weight excluding hydrogens is 335 g/mol. The Hall–Kier alpha value is -2.97. The van der Waals surface area contributed by atoms with Crippen molar-refractivity contribution in [3.63, 3.8) is 0 Å². The summed E-state index contributed by atoms with van der Waals surface area (Å²) in [5.41, 5.74) is -0.953. The number of fused-ring (bicyclic) bond motifs is 1. The zero-order valence-electron chi connectivity index (χ0n) is 13.0. The van der Waals surface area contributed by atoms with E-state index in [1.807, 2.05) is 28.8 Å². The molecule has 0 bridgehead atoms. The number of nitrogens with one attached hydrogen (secondary N) is 1. The van der Waals surface area contributed by atoms with Gasteiger partial charge in [-0.05, 0) is 30.7 Å². The maximum Gasteiger partial charge on any atom is 0.434 e.